The van der Waals surface area contributed by atoms with Gasteiger partial charge in [-0.25, -0.2) is 14.4 Å². The number of halogens is 1. The number of likely N-dealkylation sites (N-methyl/N-ethyl adjacent to an activating group) is 1. The third kappa shape index (κ3) is 6.23. The second-order valence-corrected chi connectivity index (χ2v) is 9.93. The number of anilines is 2. The van der Waals surface area contributed by atoms with E-state index in [0.717, 1.165) is 25.8 Å². The number of hydrogen-bond acceptors (Lipinski definition) is 8. The Morgan fingerprint density at radius 2 is 2.15 bits per heavy atom. The van der Waals surface area contributed by atoms with Crippen molar-refractivity contribution in [3.05, 3.63) is 48.3 Å². The zero-order valence-electron chi connectivity index (χ0n) is 24.0. The monoisotopic (exact) mass is 551 g/mol. The number of aromatic nitrogens is 5. The van der Waals surface area contributed by atoms with Crippen LogP contribution in [0.5, 0.6) is 5.88 Å². The summed E-state index contributed by atoms with van der Waals surface area (Å²) < 4.78 is 22.2. The van der Waals surface area contributed by atoms with Crippen molar-refractivity contribution in [2.45, 2.75) is 39.8 Å². The maximum absolute atomic E-state index is 15.1. The normalized spacial score (nSPS) is 17.2. The zero-order valence-corrected chi connectivity index (χ0v) is 24.0. The van der Waals surface area contributed by atoms with Crippen molar-refractivity contribution in [3.63, 3.8) is 0 Å². The highest BCUT2D eigenvalue weighted by Gasteiger charge is 2.29. The van der Waals surface area contributed by atoms with Crippen LogP contribution >= 0.6 is 0 Å². The molecule has 1 fully saturated rings. The lowest BCUT2D eigenvalue weighted by Gasteiger charge is -2.40. The predicted molar refractivity (Wildman–Crippen MR) is 154 cm³/mol. The summed E-state index contributed by atoms with van der Waals surface area (Å²) in [7, 11) is 3.87. The number of amides is 1. The first-order valence-corrected chi connectivity index (χ1v) is 13.4. The lowest BCUT2D eigenvalue weighted by molar-refractivity contribution is -0.125. The summed E-state index contributed by atoms with van der Waals surface area (Å²) in [5, 5.41) is 10.3. The number of carbonyl (C=O) groups is 1. The van der Waals surface area contributed by atoms with Gasteiger partial charge in [0.05, 0.1) is 36.4 Å². The first kappa shape index (κ1) is 29.0. The Bertz CT molecular complexity index is 1400. The van der Waals surface area contributed by atoms with Gasteiger partial charge in [0.25, 0.3) is 5.88 Å². The number of ether oxygens (including phenoxy) is 1. The summed E-state index contributed by atoms with van der Waals surface area (Å²) in [5.74, 6) is -0.164. The molecule has 4 heterocycles. The summed E-state index contributed by atoms with van der Waals surface area (Å²) in [6.45, 7) is 14.8. The largest absolute Gasteiger partial charge is 0.475 e. The first-order chi connectivity index (χ1) is 19.1. The molecular formula is C28H38FN9O2. The molecule has 0 bridgehead atoms. The van der Waals surface area contributed by atoms with Crippen molar-refractivity contribution in [1.82, 2.24) is 39.8 Å². The summed E-state index contributed by atoms with van der Waals surface area (Å²) in [5.41, 5.74) is 2.76. The lowest BCUT2D eigenvalue weighted by atomic mass is 10.1. The second-order valence-electron chi connectivity index (χ2n) is 9.93. The van der Waals surface area contributed by atoms with Gasteiger partial charge in [-0.15, -0.1) is 5.10 Å². The average molecular weight is 552 g/mol. The average Bonchev–Trinajstić information content (AvgIpc) is 3.49. The number of H-pyrrole nitrogens is 1. The van der Waals surface area contributed by atoms with E-state index in [1.54, 1.807) is 24.1 Å². The third-order valence-electron chi connectivity index (χ3n) is 7.07. The number of aryl methyl sites for hydroxylation is 1. The van der Waals surface area contributed by atoms with Crippen molar-refractivity contribution >= 4 is 29.3 Å². The number of nitrogens with zero attached hydrogens (tertiary/aromatic N) is 6. The van der Waals surface area contributed by atoms with Crippen LogP contribution in [0.2, 0.25) is 0 Å². The van der Waals surface area contributed by atoms with Gasteiger partial charge in [0.1, 0.15) is 11.4 Å². The summed E-state index contributed by atoms with van der Waals surface area (Å²) >= 11 is 0. The molecule has 1 aliphatic rings. The van der Waals surface area contributed by atoms with Gasteiger partial charge >= 0.3 is 0 Å². The Morgan fingerprint density at radius 1 is 1.38 bits per heavy atom. The third-order valence-corrected chi connectivity index (χ3v) is 7.07. The summed E-state index contributed by atoms with van der Waals surface area (Å²) in [6.07, 6.45) is 8.16. The van der Waals surface area contributed by atoms with Crippen molar-refractivity contribution in [2.24, 2.45) is 7.05 Å². The highest BCUT2D eigenvalue weighted by Crippen LogP contribution is 2.32. The fourth-order valence-corrected chi connectivity index (χ4v) is 4.66. The molecule has 1 saturated heterocycles. The zero-order chi connectivity index (χ0) is 29.0. The van der Waals surface area contributed by atoms with Gasteiger partial charge in [0, 0.05) is 50.0 Å². The molecule has 3 aromatic rings. The minimum atomic E-state index is -0.592. The van der Waals surface area contributed by atoms with Crippen molar-refractivity contribution in [3.8, 4) is 17.1 Å². The van der Waals surface area contributed by atoms with Crippen LogP contribution in [0.3, 0.4) is 0 Å². The van der Waals surface area contributed by atoms with E-state index in [1.807, 2.05) is 32.9 Å². The number of aromatic amines is 1. The topological polar surface area (TPSA) is 116 Å². The van der Waals surface area contributed by atoms with Crippen LogP contribution in [-0.2, 0) is 11.8 Å². The van der Waals surface area contributed by atoms with E-state index in [0.29, 0.717) is 46.7 Å². The van der Waals surface area contributed by atoms with Crippen molar-refractivity contribution in [1.29, 1.82) is 0 Å². The first-order valence-electron chi connectivity index (χ1n) is 13.4. The van der Waals surface area contributed by atoms with E-state index in [4.69, 9.17) is 4.74 Å². The van der Waals surface area contributed by atoms with Crippen LogP contribution in [0.25, 0.3) is 23.0 Å². The molecule has 3 N–H and O–H groups in total. The number of allylic oxidation sites excluding steroid dienone is 1. The molecule has 0 aliphatic carbocycles. The van der Waals surface area contributed by atoms with Crippen LogP contribution in [0.1, 0.15) is 39.0 Å². The minimum Gasteiger partial charge on any atom is -0.475 e. The van der Waals surface area contributed by atoms with E-state index < -0.39 is 5.82 Å². The molecule has 1 amide bonds. The van der Waals surface area contributed by atoms with Crippen LogP contribution in [-0.4, -0.2) is 85.8 Å². The smallest absolute Gasteiger partial charge is 0.256 e. The fourth-order valence-electron chi connectivity index (χ4n) is 4.66. The minimum absolute atomic E-state index is 0.0915. The number of carbonyl (C=O) groups excluding carboxylic acids is 1. The quantitative estimate of drug-likeness (QED) is 0.350. The Hall–Kier alpha value is -4.03. The molecule has 3 aromatic heterocycles. The van der Waals surface area contributed by atoms with Crippen LogP contribution in [0.15, 0.2) is 31.2 Å². The summed E-state index contributed by atoms with van der Waals surface area (Å²) in [6, 6.07) is 0.0417. The van der Waals surface area contributed by atoms with Crippen LogP contribution in [0, 0.1) is 5.82 Å². The molecule has 11 nitrogen and oxygen atoms in total. The fraction of sp³-hybridized carbons (Fsp3) is 0.429. The van der Waals surface area contributed by atoms with E-state index in [2.05, 4.69) is 61.0 Å². The molecule has 0 spiro atoms. The number of hydrogen-bond donors (Lipinski definition) is 3. The lowest BCUT2D eigenvalue weighted by Crippen LogP contribution is -2.56. The molecule has 2 atom stereocenters. The number of rotatable bonds is 10. The summed E-state index contributed by atoms with van der Waals surface area (Å²) in [4.78, 5) is 29.3. The van der Waals surface area contributed by atoms with E-state index in [1.165, 1.54) is 0 Å². The molecule has 1 aliphatic heterocycles. The molecule has 0 radical (unpaired) electrons. The van der Waals surface area contributed by atoms with Gasteiger partial charge in [-0.2, -0.15) is 0 Å². The Balaban J connectivity index is 1.57. The predicted octanol–water partition coefficient (Wildman–Crippen LogP) is 3.63. The second kappa shape index (κ2) is 12.4. The molecule has 0 unspecified atom stereocenters. The highest BCUT2D eigenvalue weighted by molar-refractivity contribution is 5.92. The molecule has 0 aromatic carbocycles. The van der Waals surface area contributed by atoms with Crippen LogP contribution in [0.4, 0.5) is 16.0 Å². The number of nitrogens with one attached hydrogen (secondary N) is 3. The number of piperazine rings is 1. The van der Waals surface area contributed by atoms with Gasteiger partial charge in [0.2, 0.25) is 11.9 Å². The van der Waals surface area contributed by atoms with Gasteiger partial charge < -0.3 is 25.3 Å². The molecule has 12 heteroatoms. The van der Waals surface area contributed by atoms with Crippen molar-refractivity contribution in [2.75, 3.05) is 38.6 Å². The van der Waals surface area contributed by atoms with Gasteiger partial charge in [-0.05, 0) is 34.7 Å². The van der Waals surface area contributed by atoms with E-state index in [9.17, 15) is 4.79 Å². The van der Waals surface area contributed by atoms with Gasteiger partial charge in [0.15, 0.2) is 5.82 Å². The van der Waals surface area contributed by atoms with Crippen molar-refractivity contribution < 1.29 is 13.9 Å². The molecular weight excluding hydrogens is 513 g/mol. The van der Waals surface area contributed by atoms with E-state index >= 15 is 4.39 Å². The van der Waals surface area contributed by atoms with Gasteiger partial charge in [-0.3, -0.25) is 14.4 Å². The molecule has 0 saturated carbocycles. The SMILES string of the molecule is C=C(NC(=O)[C@H](C)N1CCN(C)[C@@H](C)C1)c1[nH]cc(-c2nc(Nc3cn(C)nc3OCC)ncc2F)c1/C=C\C. The Kier molecular flexibility index (Phi) is 9.00. The Labute approximate surface area is 234 Å². The van der Waals surface area contributed by atoms with Crippen LogP contribution < -0.4 is 15.4 Å². The maximum Gasteiger partial charge on any atom is 0.256 e. The molecule has 214 valence electrons. The maximum atomic E-state index is 15.1. The highest BCUT2D eigenvalue weighted by atomic mass is 19.1. The molecule has 4 rings (SSSR count). The standard InChI is InChI=1S/C28H38FN9O2/c1-8-10-20-21(25-22(29)14-31-28(34-25)33-23-16-37(7)35-27(23)40-9-2)13-30-24(20)18(4)32-26(39)19(5)38-12-11-36(6)17(3)15-38/h8,10,13-14,16-17,19,30H,4,9,11-12,15H2,1-3,5-7H3,(H,32,39)(H,31,33,34)/b10-8-/t17-,19-/m0/s1. The molecule has 40 heavy (non-hydrogen) atoms. The Morgan fingerprint density at radius 3 is 2.85 bits per heavy atom. The van der Waals surface area contributed by atoms with E-state index in [-0.39, 0.29) is 23.6 Å². The van der Waals surface area contributed by atoms with Gasteiger partial charge in [-0.1, -0.05) is 18.7 Å².